The lowest BCUT2D eigenvalue weighted by Gasteiger charge is -2.17. The molecule has 174 valence electrons. The number of aryl methyl sites for hydroxylation is 1. The molecule has 0 atom stereocenters. The van der Waals surface area contributed by atoms with Gasteiger partial charge >= 0.3 is 5.69 Å². The van der Waals surface area contributed by atoms with Crippen molar-refractivity contribution < 1.29 is 9.18 Å². The van der Waals surface area contributed by atoms with Crippen LogP contribution in [0.2, 0.25) is 0 Å². The molecule has 0 aliphatic carbocycles. The van der Waals surface area contributed by atoms with Crippen molar-refractivity contribution in [2.24, 2.45) is 14.1 Å². The summed E-state index contributed by atoms with van der Waals surface area (Å²) in [5.74, 6) is -0.296. The van der Waals surface area contributed by atoms with Gasteiger partial charge in [-0.2, -0.15) is 0 Å². The van der Waals surface area contributed by atoms with Crippen molar-refractivity contribution >= 4 is 34.5 Å². The van der Waals surface area contributed by atoms with E-state index in [9.17, 15) is 18.8 Å². The third kappa shape index (κ3) is 3.73. The molecule has 0 bridgehead atoms. The largest absolute Gasteiger partial charge is 0.332 e. The zero-order chi connectivity index (χ0) is 24.0. The van der Waals surface area contributed by atoms with Gasteiger partial charge in [0.2, 0.25) is 5.91 Å². The van der Waals surface area contributed by atoms with Crippen molar-refractivity contribution in [2.75, 3.05) is 17.2 Å². The van der Waals surface area contributed by atoms with Gasteiger partial charge in [0, 0.05) is 26.3 Å². The van der Waals surface area contributed by atoms with E-state index in [4.69, 9.17) is 0 Å². The lowest BCUT2D eigenvalue weighted by molar-refractivity contribution is -0.116. The van der Waals surface area contributed by atoms with Crippen LogP contribution >= 0.6 is 11.8 Å². The van der Waals surface area contributed by atoms with Gasteiger partial charge in [0.1, 0.15) is 5.82 Å². The third-order valence-electron chi connectivity index (χ3n) is 6.08. The Kier molecular flexibility index (Phi) is 5.60. The molecule has 0 unspecified atom stereocenters. The minimum Gasteiger partial charge on any atom is -0.311 e. The highest BCUT2D eigenvalue weighted by atomic mass is 32.2. The van der Waals surface area contributed by atoms with Gasteiger partial charge in [-0.3, -0.25) is 18.7 Å². The average Bonchev–Trinajstić information content (AvgIpc) is 3.43. The number of benzene rings is 2. The first-order chi connectivity index (χ1) is 16.3. The van der Waals surface area contributed by atoms with Crippen LogP contribution < -0.4 is 16.1 Å². The fourth-order valence-electron chi connectivity index (χ4n) is 4.26. The Balaban J connectivity index is 1.52. The summed E-state index contributed by atoms with van der Waals surface area (Å²) in [7, 11) is 2.97. The number of hydrogen-bond donors (Lipinski definition) is 0. The zero-order valence-corrected chi connectivity index (χ0v) is 19.5. The van der Waals surface area contributed by atoms with Gasteiger partial charge in [-0.15, -0.1) is 0 Å². The van der Waals surface area contributed by atoms with Crippen LogP contribution in [-0.4, -0.2) is 36.9 Å². The second-order valence-corrected chi connectivity index (χ2v) is 9.14. The lowest BCUT2D eigenvalue weighted by Crippen LogP contribution is -2.37. The Morgan fingerprint density at radius 2 is 1.79 bits per heavy atom. The molecule has 0 fully saturated rings. The number of hydrogen-bond acceptors (Lipinski definition) is 5. The number of thioether (sulfide) groups is 1. The van der Waals surface area contributed by atoms with Crippen molar-refractivity contribution in [1.82, 2.24) is 18.7 Å². The van der Waals surface area contributed by atoms with Crippen LogP contribution in [0.4, 0.5) is 10.1 Å². The number of anilines is 1. The number of carbonyl (C=O) groups excluding carboxylic acids is 1. The molecule has 1 aliphatic heterocycles. The Labute approximate surface area is 198 Å². The van der Waals surface area contributed by atoms with Crippen molar-refractivity contribution in [3.05, 3.63) is 86.3 Å². The van der Waals surface area contributed by atoms with E-state index >= 15 is 0 Å². The molecular formula is C24H22FN5O3S. The van der Waals surface area contributed by atoms with Crippen LogP contribution in [0.1, 0.15) is 11.1 Å². The molecule has 2 aromatic heterocycles. The number of fused-ring (bicyclic) bond motifs is 2. The Morgan fingerprint density at radius 1 is 1.06 bits per heavy atom. The quantitative estimate of drug-likeness (QED) is 0.411. The Hall–Kier alpha value is -3.66. The van der Waals surface area contributed by atoms with E-state index in [1.807, 2.05) is 24.3 Å². The molecule has 5 rings (SSSR count). The first-order valence-corrected chi connectivity index (χ1v) is 11.8. The number of imidazole rings is 1. The predicted molar refractivity (Wildman–Crippen MR) is 129 cm³/mol. The van der Waals surface area contributed by atoms with E-state index in [2.05, 4.69) is 4.98 Å². The molecule has 34 heavy (non-hydrogen) atoms. The van der Waals surface area contributed by atoms with Crippen LogP contribution in [0.3, 0.4) is 0 Å². The van der Waals surface area contributed by atoms with Gasteiger partial charge in [0.05, 0.1) is 12.3 Å². The summed E-state index contributed by atoms with van der Waals surface area (Å²) in [6.07, 6.45) is 0.813. The van der Waals surface area contributed by atoms with E-state index in [0.717, 1.165) is 27.8 Å². The number of carbonyl (C=O) groups is 1. The molecule has 4 aromatic rings. The molecule has 0 N–H and O–H groups in total. The van der Waals surface area contributed by atoms with Crippen molar-refractivity contribution in [1.29, 1.82) is 0 Å². The molecule has 2 aromatic carbocycles. The minimum atomic E-state index is -0.481. The summed E-state index contributed by atoms with van der Waals surface area (Å²) in [6, 6.07) is 13.8. The predicted octanol–water partition coefficient (Wildman–Crippen LogP) is 2.30. The normalized spacial score (nSPS) is 13.0. The summed E-state index contributed by atoms with van der Waals surface area (Å²) in [4.78, 5) is 44.8. The smallest absolute Gasteiger partial charge is 0.311 e. The van der Waals surface area contributed by atoms with E-state index in [1.165, 1.54) is 35.5 Å². The second kappa shape index (κ2) is 8.60. The van der Waals surface area contributed by atoms with E-state index in [0.29, 0.717) is 11.7 Å². The highest BCUT2D eigenvalue weighted by molar-refractivity contribution is 7.99. The Morgan fingerprint density at radius 3 is 2.56 bits per heavy atom. The second-order valence-electron chi connectivity index (χ2n) is 8.20. The highest BCUT2D eigenvalue weighted by Gasteiger charge is 2.26. The van der Waals surface area contributed by atoms with Gasteiger partial charge in [0.25, 0.3) is 5.56 Å². The van der Waals surface area contributed by atoms with Crippen LogP contribution in [0.25, 0.3) is 11.2 Å². The summed E-state index contributed by atoms with van der Waals surface area (Å²) in [5, 5.41) is 0.443. The first kappa shape index (κ1) is 22.1. The number of para-hydroxylation sites is 1. The van der Waals surface area contributed by atoms with E-state index in [-0.39, 0.29) is 35.2 Å². The number of nitrogens with zero attached hydrogens (tertiary/aromatic N) is 5. The minimum absolute atomic E-state index is 0.0582. The molecular weight excluding hydrogens is 457 g/mol. The molecule has 8 nitrogen and oxygen atoms in total. The third-order valence-corrected chi connectivity index (χ3v) is 7.04. The molecule has 1 aliphatic rings. The number of halogens is 1. The fourth-order valence-corrected chi connectivity index (χ4v) is 5.13. The van der Waals surface area contributed by atoms with Crippen LogP contribution in [0.15, 0.2) is 63.3 Å². The van der Waals surface area contributed by atoms with Crippen LogP contribution in [0.5, 0.6) is 0 Å². The van der Waals surface area contributed by atoms with Crippen LogP contribution in [0, 0.1) is 5.82 Å². The van der Waals surface area contributed by atoms with Crippen molar-refractivity contribution in [3.63, 3.8) is 0 Å². The SMILES string of the molecule is Cn1c(=O)c2c(nc(SCC(=O)N3CCc4ccccc43)n2Cc2ccc(F)cc2)n(C)c1=O. The Bertz CT molecular complexity index is 1540. The number of amides is 1. The van der Waals surface area contributed by atoms with Gasteiger partial charge in [-0.05, 0) is 35.7 Å². The maximum absolute atomic E-state index is 13.4. The maximum atomic E-state index is 13.4. The molecule has 1 amide bonds. The number of aromatic nitrogens is 4. The van der Waals surface area contributed by atoms with Crippen molar-refractivity contribution in [2.45, 2.75) is 18.1 Å². The van der Waals surface area contributed by atoms with E-state index in [1.54, 1.807) is 28.6 Å². The summed E-state index contributed by atoms with van der Waals surface area (Å²) in [5.41, 5.74) is 2.38. The molecule has 3 heterocycles. The average molecular weight is 480 g/mol. The lowest BCUT2D eigenvalue weighted by atomic mass is 10.2. The fraction of sp³-hybridized carbons (Fsp3) is 0.250. The molecule has 0 saturated carbocycles. The van der Waals surface area contributed by atoms with Gasteiger partial charge < -0.3 is 9.47 Å². The number of rotatable bonds is 5. The first-order valence-electron chi connectivity index (χ1n) is 10.8. The summed E-state index contributed by atoms with van der Waals surface area (Å²) in [6.45, 7) is 0.868. The zero-order valence-electron chi connectivity index (χ0n) is 18.7. The van der Waals surface area contributed by atoms with Gasteiger partial charge in [-0.25, -0.2) is 14.2 Å². The molecule has 0 radical (unpaired) electrons. The highest BCUT2D eigenvalue weighted by Crippen LogP contribution is 2.29. The maximum Gasteiger partial charge on any atom is 0.332 e. The van der Waals surface area contributed by atoms with Gasteiger partial charge in [-0.1, -0.05) is 42.1 Å². The molecule has 0 spiro atoms. The van der Waals surface area contributed by atoms with Gasteiger partial charge in [0.15, 0.2) is 16.3 Å². The topological polar surface area (TPSA) is 82.1 Å². The standard InChI is InChI=1S/C24H22FN5O3S/c1-27-21-20(22(32)28(2)24(27)33)30(13-15-7-9-17(25)10-8-15)23(26-21)34-14-19(31)29-12-11-16-5-3-4-6-18(16)29/h3-10H,11-14H2,1-2H3. The van der Waals surface area contributed by atoms with Crippen molar-refractivity contribution in [3.8, 4) is 0 Å². The summed E-state index contributed by atoms with van der Waals surface area (Å²) >= 11 is 1.22. The molecule has 10 heteroatoms. The summed E-state index contributed by atoms with van der Waals surface area (Å²) < 4.78 is 17.5. The van der Waals surface area contributed by atoms with E-state index < -0.39 is 11.2 Å². The molecule has 0 saturated heterocycles. The van der Waals surface area contributed by atoms with Crippen LogP contribution in [-0.2, 0) is 31.9 Å². The monoisotopic (exact) mass is 479 g/mol.